The van der Waals surface area contributed by atoms with Gasteiger partial charge in [0.05, 0.1) is 17.7 Å². The maximum Gasteiger partial charge on any atom is 0.223 e. The van der Waals surface area contributed by atoms with Gasteiger partial charge in [-0.2, -0.15) is 0 Å². The zero-order chi connectivity index (χ0) is 15.7. The topological polar surface area (TPSA) is 52.6 Å². The molecule has 3 atom stereocenters. The quantitative estimate of drug-likeness (QED) is 0.899. The number of likely N-dealkylation sites (N-methyl/N-ethyl adjacent to an activating group) is 1. The number of thiophene rings is 1. The molecule has 2 fully saturated rings. The van der Waals surface area contributed by atoms with E-state index in [9.17, 15) is 9.90 Å². The van der Waals surface area contributed by atoms with Gasteiger partial charge in [-0.3, -0.25) is 9.69 Å². The van der Waals surface area contributed by atoms with Gasteiger partial charge in [-0.15, -0.1) is 11.3 Å². The largest absolute Gasteiger partial charge is 0.388 e. The molecule has 122 valence electrons. The molecule has 4 nitrogen and oxygen atoms in total. The first-order valence-corrected chi connectivity index (χ1v) is 9.13. The number of hydrogen-bond acceptors (Lipinski definition) is 4. The van der Waals surface area contributed by atoms with Crippen LogP contribution < -0.4 is 5.32 Å². The molecule has 1 saturated heterocycles. The van der Waals surface area contributed by atoms with Gasteiger partial charge in [0.15, 0.2) is 0 Å². The Balaban J connectivity index is 1.83. The number of carbonyl (C=O) groups excluding carboxylic acids is 1. The van der Waals surface area contributed by atoms with E-state index in [-0.39, 0.29) is 23.9 Å². The summed E-state index contributed by atoms with van der Waals surface area (Å²) >= 11 is 1.69. The minimum absolute atomic E-state index is 0.0501. The lowest BCUT2D eigenvalue weighted by Crippen LogP contribution is -2.62. The summed E-state index contributed by atoms with van der Waals surface area (Å²) in [5.41, 5.74) is -0.866. The fourth-order valence-corrected chi connectivity index (χ4v) is 4.75. The number of amides is 1. The molecule has 22 heavy (non-hydrogen) atoms. The number of carbonyl (C=O) groups is 1. The molecule has 5 heteroatoms. The highest BCUT2D eigenvalue weighted by Gasteiger charge is 2.46. The van der Waals surface area contributed by atoms with Crippen molar-refractivity contribution >= 4 is 17.2 Å². The van der Waals surface area contributed by atoms with Gasteiger partial charge in [-0.1, -0.05) is 18.9 Å². The minimum Gasteiger partial charge on any atom is -0.388 e. The van der Waals surface area contributed by atoms with E-state index in [2.05, 4.69) is 28.7 Å². The molecule has 0 bridgehead atoms. The van der Waals surface area contributed by atoms with Gasteiger partial charge < -0.3 is 10.4 Å². The Bertz CT molecular complexity index is 509. The molecule has 0 aromatic carbocycles. The average Bonchev–Trinajstić information content (AvgIpc) is 3.16. The number of nitrogens with one attached hydrogen (secondary N) is 1. The lowest BCUT2D eigenvalue weighted by Gasteiger charge is -2.47. The van der Waals surface area contributed by atoms with E-state index in [1.165, 1.54) is 4.88 Å². The van der Waals surface area contributed by atoms with Gasteiger partial charge in [0.25, 0.3) is 0 Å². The molecule has 0 radical (unpaired) electrons. The van der Waals surface area contributed by atoms with Crippen LogP contribution in [0, 0.1) is 5.92 Å². The smallest absolute Gasteiger partial charge is 0.223 e. The molecule has 1 saturated carbocycles. The molecule has 2 heterocycles. The van der Waals surface area contributed by atoms with E-state index in [1.807, 2.05) is 13.0 Å². The van der Waals surface area contributed by atoms with E-state index in [0.29, 0.717) is 6.42 Å². The molecule has 2 N–H and O–H groups in total. The second kappa shape index (κ2) is 6.30. The average molecular weight is 322 g/mol. The predicted molar refractivity (Wildman–Crippen MR) is 88.8 cm³/mol. The van der Waals surface area contributed by atoms with Crippen LogP contribution in [0.5, 0.6) is 0 Å². The van der Waals surface area contributed by atoms with Crippen LogP contribution in [-0.2, 0) is 4.79 Å². The number of rotatable bonds is 3. The summed E-state index contributed by atoms with van der Waals surface area (Å²) in [6.45, 7) is 2.70. The molecular weight excluding hydrogens is 296 g/mol. The zero-order valence-electron chi connectivity index (χ0n) is 13.4. The van der Waals surface area contributed by atoms with Crippen molar-refractivity contribution in [1.82, 2.24) is 10.2 Å². The number of nitrogens with zero attached hydrogens (tertiary/aromatic N) is 1. The summed E-state index contributed by atoms with van der Waals surface area (Å²) in [5, 5.41) is 16.1. The molecule has 1 aromatic heterocycles. The lowest BCUT2D eigenvalue weighted by molar-refractivity contribution is -0.131. The summed E-state index contributed by atoms with van der Waals surface area (Å²) in [6.07, 6.45) is 4.95. The van der Waals surface area contributed by atoms with Gasteiger partial charge in [0.1, 0.15) is 0 Å². The number of likely N-dealkylation sites (tertiary alicyclic amines) is 1. The minimum atomic E-state index is -0.866. The van der Waals surface area contributed by atoms with Gasteiger partial charge in [-0.25, -0.2) is 0 Å². The van der Waals surface area contributed by atoms with Crippen molar-refractivity contribution in [3.63, 3.8) is 0 Å². The molecule has 3 rings (SSSR count). The third kappa shape index (κ3) is 3.07. The maximum absolute atomic E-state index is 12.6. The molecule has 3 unspecified atom stereocenters. The number of hydrogen-bond donors (Lipinski definition) is 2. The predicted octanol–water partition coefficient (Wildman–Crippen LogP) is 2.55. The Morgan fingerprint density at radius 3 is 2.82 bits per heavy atom. The van der Waals surface area contributed by atoms with E-state index >= 15 is 0 Å². The molecule has 1 aliphatic heterocycles. The van der Waals surface area contributed by atoms with Crippen LogP contribution in [0.2, 0.25) is 0 Å². The second-order valence-corrected chi connectivity index (χ2v) is 7.99. The van der Waals surface area contributed by atoms with Crippen LogP contribution in [0.25, 0.3) is 0 Å². The van der Waals surface area contributed by atoms with Gasteiger partial charge >= 0.3 is 0 Å². The first-order valence-electron chi connectivity index (χ1n) is 8.25. The molecule has 1 aromatic rings. The third-order valence-corrected chi connectivity index (χ3v) is 6.23. The van der Waals surface area contributed by atoms with Gasteiger partial charge in [0, 0.05) is 17.3 Å². The van der Waals surface area contributed by atoms with Crippen LogP contribution in [0.3, 0.4) is 0 Å². The van der Waals surface area contributed by atoms with Crippen molar-refractivity contribution in [1.29, 1.82) is 0 Å². The fraction of sp³-hybridized carbons (Fsp3) is 0.706. The Morgan fingerprint density at radius 2 is 2.18 bits per heavy atom. The highest BCUT2D eigenvalue weighted by molar-refractivity contribution is 7.10. The maximum atomic E-state index is 12.6. The molecule has 2 aliphatic rings. The Kier molecular flexibility index (Phi) is 4.57. The van der Waals surface area contributed by atoms with Crippen molar-refractivity contribution in [2.75, 3.05) is 13.6 Å². The van der Waals surface area contributed by atoms with Crippen molar-refractivity contribution in [3.8, 4) is 0 Å². The molecule has 0 spiro atoms. The van der Waals surface area contributed by atoms with Gasteiger partial charge in [-0.05, 0) is 44.7 Å². The van der Waals surface area contributed by atoms with Crippen molar-refractivity contribution in [2.45, 2.75) is 56.7 Å². The van der Waals surface area contributed by atoms with Crippen LogP contribution >= 0.6 is 11.3 Å². The second-order valence-electron chi connectivity index (χ2n) is 7.02. The SMILES string of the molecule is CN1CCC(C)(O)C(NC(=O)C2CCCC2)C1c1cccs1. The normalized spacial score (nSPS) is 34.0. The Labute approximate surface area is 136 Å². The molecule has 1 amide bonds. The molecule has 1 aliphatic carbocycles. The van der Waals surface area contributed by atoms with Crippen LogP contribution in [0.1, 0.15) is 49.9 Å². The van der Waals surface area contributed by atoms with Crippen LogP contribution in [0.15, 0.2) is 17.5 Å². The van der Waals surface area contributed by atoms with E-state index in [4.69, 9.17) is 0 Å². The standard InChI is InChI=1S/C17H26N2O2S/c1-17(21)9-10-19(2)14(13-8-5-11-22-13)15(17)18-16(20)12-6-3-4-7-12/h5,8,11-12,14-15,21H,3-4,6-7,9-10H2,1-2H3,(H,18,20). The first-order chi connectivity index (χ1) is 10.5. The van der Waals surface area contributed by atoms with E-state index in [0.717, 1.165) is 32.2 Å². The van der Waals surface area contributed by atoms with E-state index < -0.39 is 5.60 Å². The van der Waals surface area contributed by atoms with E-state index in [1.54, 1.807) is 11.3 Å². The first kappa shape index (κ1) is 16.0. The van der Waals surface area contributed by atoms with Gasteiger partial charge in [0.2, 0.25) is 5.91 Å². The lowest BCUT2D eigenvalue weighted by atomic mass is 9.81. The van der Waals surface area contributed by atoms with Crippen LogP contribution in [-0.4, -0.2) is 41.1 Å². The van der Waals surface area contributed by atoms with Crippen molar-refractivity contribution in [2.24, 2.45) is 5.92 Å². The monoisotopic (exact) mass is 322 g/mol. The van der Waals surface area contributed by atoms with Crippen molar-refractivity contribution < 1.29 is 9.90 Å². The summed E-state index contributed by atoms with van der Waals surface area (Å²) in [6, 6.07) is 3.93. The highest BCUT2D eigenvalue weighted by atomic mass is 32.1. The zero-order valence-corrected chi connectivity index (χ0v) is 14.2. The summed E-state index contributed by atoms with van der Waals surface area (Å²) in [4.78, 5) is 16.0. The Morgan fingerprint density at radius 1 is 1.45 bits per heavy atom. The number of piperidine rings is 1. The van der Waals surface area contributed by atoms with Crippen LogP contribution in [0.4, 0.5) is 0 Å². The highest BCUT2D eigenvalue weighted by Crippen LogP contribution is 2.38. The number of aliphatic hydroxyl groups is 1. The molecular formula is C17H26N2O2S. The summed E-state index contributed by atoms with van der Waals surface area (Å²) in [5.74, 6) is 0.256. The van der Waals surface area contributed by atoms with Crippen molar-refractivity contribution in [3.05, 3.63) is 22.4 Å². The summed E-state index contributed by atoms with van der Waals surface area (Å²) < 4.78 is 0. The Hall–Kier alpha value is -0.910. The summed E-state index contributed by atoms with van der Waals surface area (Å²) in [7, 11) is 2.08. The fourth-order valence-electron chi connectivity index (χ4n) is 3.83. The third-order valence-electron chi connectivity index (χ3n) is 5.29.